The van der Waals surface area contributed by atoms with E-state index in [0.29, 0.717) is 11.3 Å². The van der Waals surface area contributed by atoms with Gasteiger partial charge in [-0.15, -0.1) is 0 Å². The Bertz CT molecular complexity index is 609. The predicted molar refractivity (Wildman–Crippen MR) is 71.7 cm³/mol. The van der Waals surface area contributed by atoms with E-state index < -0.39 is 0 Å². The van der Waals surface area contributed by atoms with Crippen molar-refractivity contribution in [1.29, 1.82) is 0 Å². The lowest BCUT2D eigenvalue weighted by Crippen LogP contribution is -1.99. The largest absolute Gasteiger partial charge is 0.0760 e. The van der Waals surface area contributed by atoms with Crippen LogP contribution in [0.4, 0.5) is 0 Å². The number of benzene rings is 1. The fourth-order valence-electron chi connectivity index (χ4n) is 3.58. The second-order valence-corrected chi connectivity index (χ2v) is 5.81. The third-order valence-electron chi connectivity index (χ3n) is 4.53. The first kappa shape index (κ1) is 9.47. The third-order valence-corrected chi connectivity index (χ3v) is 4.53. The number of fused-ring (bicyclic) bond motifs is 2. The molecule has 1 aromatic carbocycles. The van der Waals surface area contributed by atoms with Crippen molar-refractivity contribution in [2.24, 2.45) is 5.41 Å². The van der Waals surface area contributed by atoms with E-state index in [9.17, 15) is 0 Å². The maximum Gasteiger partial charge on any atom is 0.0246 e. The molecule has 1 unspecified atom stereocenters. The van der Waals surface area contributed by atoms with E-state index in [1.165, 1.54) is 11.1 Å². The summed E-state index contributed by atoms with van der Waals surface area (Å²) < 4.78 is 0. The quantitative estimate of drug-likeness (QED) is 0.655. The molecule has 1 fully saturated rings. The maximum absolute atomic E-state index is 2.43. The monoisotopic (exact) mass is 220 g/mol. The molecule has 0 nitrogen and oxygen atoms in total. The molecule has 84 valence electrons. The van der Waals surface area contributed by atoms with Crippen LogP contribution in [0, 0.1) is 5.41 Å². The smallest absolute Gasteiger partial charge is 0.0246 e. The molecule has 0 amide bonds. The molecule has 4 rings (SSSR count). The molecular weight excluding hydrogens is 204 g/mol. The summed E-state index contributed by atoms with van der Waals surface area (Å²) in [6.07, 6.45) is 8.25. The van der Waals surface area contributed by atoms with Crippen molar-refractivity contribution in [2.75, 3.05) is 0 Å². The van der Waals surface area contributed by atoms with E-state index >= 15 is 0 Å². The highest BCUT2D eigenvalue weighted by Crippen LogP contribution is 2.64. The Kier molecular flexibility index (Phi) is 1.57. The summed E-state index contributed by atoms with van der Waals surface area (Å²) >= 11 is 0. The first-order chi connectivity index (χ1) is 8.19. The van der Waals surface area contributed by atoms with E-state index in [2.05, 4.69) is 56.3 Å². The van der Waals surface area contributed by atoms with Gasteiger partial charge in [-0.3, -0.25) is 0 Å². The van der Waals surface area contributed by atoms with Crippen molar-refractivity contribution in [3.63, 3.8) is 0 Å². The fraction of sp³-hybridized carbons (Fsp3) is 0.294. The van der Waals surface area contributed by atoms with Crippen LogP contribution in [-0.4, -0.2) is 0 Å². The van der Waals surface area contributed by atoms with Gasteiger partial charge in [0.05, 0.1) is 0 Å². The minimum atomic E-state index is 0.374. The third kappa shape index (κ3) is 1.08. The Morgan fingerprint density at radius 3 is 2.76 bits per heavy atom. The Labute approximate surface area is 102 Å². The van der Waals surface area contributed by atoms with Crippen molar-refractivity contribution in [2.45, 2.75) is 26.2 Å². The van der Waals surface area contributed by atoms with Gasteiger partial charge in [0.15, 0.2) is 0 Å². The lowest BCUT2D eigenvalue weighted by Gasteiger charge is -2.14. The Hall–Kier alpha value is -1.56. The Morgan fingerprint density at radius 1 is 1.18 bits per heavy atom. The molecule has 1 saturated carbocycles. The van der Waals surface area contributed by atoms with Gasteiger partial charge < -0.3 is 0 Å². The van der Waals surface area contributed by atoms with Gasteiger partial charge in [-0.05, 0) is 28.7 Å². The highest BCUT2D eigenvalue weighted by molar-refractivity contribution is 5.73. The van der Waals surface area contributed by atoms with E-state index in [4.69, 9.17) is 0 Å². The van der Waals surface area contributed by atoms with Crippen LogP contribution < -0.4 is 0 Å². The zero-order valence-corrected chi connectivity index (χ0v) is 10.3. The van der Waals surface area contributed by atoms with Gasteiger partial charge in [0.25, 0.3) is 0 Å². The van der Waals surface area contributed by atoms with E-state index in [1.807, 2.05) is 0 Å². The van der Waals surface area contributed by atoms with Crippen LogP contribution in [0.25, 0.3) is 6.08 Å². The summed E-state index contributed by atoms with van der Waals surface area (Å²) in [6.45, 7) is 4.69. The van der Waals surface area contributed by atoms with Crippen LogP contribution in [0.3, 0.4) is 0 Å². The standard InChI is InChI=1S/C17H16/c1-17(2)15-10-9-14(16(15)17)13-8-7-11-5-3-4-6-12(11)13/h3-8,10,13H,9H2,1-2H3. The second-order valence-electron chi connectivity index (χ2n) is 5.81. The number of rotatable bonds is 1. The van der Waals surface area contributed by atoms with E-state index in [0.717, 1.165) is 6.42 Å². The maximum atomic E-state index is 2.43. The van der Waals surface area contributed by atoms with Crippen molar-refractivity contribution in [3.05, 3.63) is 64.3 Å². The molecule has 0 heterocycles. The van der Waals surface area contributed by atoms with Crippen LogP contribution >= 0.6 is 0 Å². The normalized spacial score (nSPS) is 26.9. The summed E-state index contributed by atoms with van der Waals surface area (Å²) in [5.74, 6) is 0.539. The number of allylic oxidation sites excluding steroid dienone is 5. The number of hydrogen-bond donors (Lipinski definition) is 0. The minimum absolute atomic E-state index is 0.374. The average Bonchev–Trinajstić information content (AvgIpc) is 2.78. The van der Waals surface area contributed by atoms with E-state index in [1.54, 1.807) is 16.7 Å². The van der Waals surface area contributed by atoms with Crippen molar-refractivity contribution in [3.8, 4) is 0 Å². The molecule has 1 atom stereocenters. The molecular formula is C17H16. The highest BCUT2D eigenvalue weighted by Gasteiger charge is 2.51. The second kappa shape index (κ2) is 2.81. The number of hydrogen-bond acceptors (Lipinski definition) is 0. The molecule has 17 heavy (non-hydrogen) atoms. The summed E-state index contributed by atoms with van der Waals surface area (Å²) in [5.41, 5.74) is 8.16. The molecule has 0 N–H and O–H groups in total. The van der Waals surface area contributed by atoms with Gasteiger partial charge >= 0.3 is 0 Å². The van der Waals surface area contributed by atoms with Crippen molar-refractivity contribution < 1.29 is 0 Å². The molecule has 0 saturated heterocycles. The SMILES string of the molecule is CC1(C)C2=CCC(C3C=Cc4ccccc43)=C21. The summed E-state index contributed by atoms with van der Waals surface area (Å²) in [4.78, 5) is 0. The molecule has 0 aliphatic heterocycles. The predicted octanol–water partition coefficient (Wildman–Crippen LogP) is 4.46. The van der Waals surface area contributed by atoms with Crippen LogP contribution in [0.15, 0.2) is 53.1 Å². The van der Waals surface area contributed by atoms with Crippen LogP contribution in [0.1, 0.15) is 37.3 Å². The average molecular weight is 220 g/mol. The summed E-state index contributed by atoms with van der Waals surface area (Å²) in [6, 6.07) is 8.79. The molecule has 3 aliphatic rings. The molecule has 0 spiro atoms. The Morgan fingerprint density at radius 2 is 2.00 bits per heavy atom. The fourth-order valence-corrected chi connectivity index (χ4v) is 3.58. The molecule has 0 bridgehead atoms. The first-order valence-corrected chi connectivity index (χ1v) is 6.41. The van der Waals surface area contributed by atoms with Crippen LogP contribution in [0.2, 0.25) is 0 Å². The van der Waals surface area contributed by atoms with Crippen LogP contribution in [0.5, 0.6) is 0 Å². The minimum Gasteiger partial charge on any atom is -0.0760 e. The summed E-state index contributed by atoms with van der Waals surface area (Å²) in [5, 5.41) is 0. The molecule has 1 aromatic rings. The van der Waals surface area contributed by atoms with E-state index in [-0.39, 0.29) is 0 Å². The van der Waals surface area contributed by atoms with Crippen molar-refractivity contribution >= 4 is 6.08 Å². The van der Waals surface area contributed by atoms with Gasteiger partial charge in [-0.1, -0.05) is 61.9 Å². The zero-order chi connectivity index (χ0) is 11.6. The van der Waals surface area contributed by atoms with Crippen molar-refractivity contribution in [1.82, 2.24) is 0 Å². The summed E-state index contributed by atoms with van der Waals surface area (Å²) in [7, 11) is 0. The van der Waals surface area contributed by atoms with Gasteiger partial charge in [-0.2, -0.15) is 0 Å². The lowest BCUT2D eigenvalue weighted by atomic mass is 9.89. The molecule has 0 radical (unpaired) electrons. The van der Waals surface area contributed by atoms with Gasteiger partial charge in [-0.25, -0.2) is 0 Å². The topological polar surface area (TPSA) is 0 Å². The Balaban J connectivity index is 1.82. The highest BCUT2D eigenvalue weighted by atomic mass is 14.5. The molecule has 3 aliphatic carbocycles. The molecule has 0 heteroatoms. The zero-order valence-electron chi connectivity index (χ0n) is 10.3. The van der Waals surface area contributed by atoms with Gasteiger partial charge in [0, 0.05) is 11.3 Å². The molecule has 0 aromatic heterocycles. The first-order valence-electron chi connectivity index (χ1n) is 6.41. The van der Waals surface area contributed by atoms with Gasteiger partial charge in [0.2, 0.25) is 0 Å². The van der Waals surface area contributed by atoms with Crippen LogP contribution in [-0.2, 0) is 0 Å². The lowest BCUT2D eigenvalue weighted by molar-refractivity contribution is 0.717. The van der Waals surface area contributed by atoms with Gasteiger partial charge in [0.1, 0.15) is 0 Å².